The van der Waals surface area contributed by atoms with Crippen LogP contribution in [-0.2, 0) is 12.0 Å². The van der Waals surface area contributed by atoms with Gasteiger partial charge >= 0.3 is 0 Å². The van der Waals surface area contributed by atoms with Crippen LogP contribution in [0, 0.1) is 0 Å². The van der Waals surface area contributed by atoms with E-state index in [1.807, 2.05) is 18.2 Å². The van der Waals surface area contributed by atoms with Gasteiger partial charge in [-0.2, -0.15) is 0 Å². The number of halogens is 1. The molecule has 0 bridgehead atoms. The van der Waals surface area contributed by atoms with Crippen LogP contribution in [0.25, 0.3) is 11.0 Å². The Morgan fingerprint density at radius 2 is 1.68 bits per heavy atom. The average molecular weight is 479 g/mol. The van der Waals surface area contributed by atoms with E-state index in [-0.39, 0.29) is 16.6 Å². The zero-order valence-electron chi connectivity index (χ0n) is 17.6. The van der Waals surface area contributed by atoms with E-state index in [1.54, 1.807) is 24.3 Å². The maximum Gasteiger partial charge on any atom is 0.235 e. The van der Waals surface area contributed by atoms with E-state index in [1.165, 1.54) is 11.8 Å². The van der Waals surface area contributed by atoms with Crippen molar-refractivity contribution in [1.29, 1.82) is 0 Å². The Balaban J connectivity index is 1.51. The van der Waals surface area contributed by atoms with Gasteiger partial charge in [0.05, 0.1) is 9.86 Å². The third-order valence-electron chi connectivity index (χ3n) is 5.00. The number of fused-ring (bicyclic) bond motifs is 1. The maximum atomic E-state index is 12.8. The summed E-state index contributed by atoms with van der Waals surface area (Å²) in [7, 11) is 0. The minimum atomic E-state index is -0.235. The fourth-order valence-corrected chi connectivity index (χ4v) is 3.53. The molecule has 0 fully saturated rings. The molecule has 1 heterocycles. The lowest BCUT2D eigenvalue weighted by Gasteiger charge is -2.19. The fourth-order valence-electron chi connectivity index (χ4n) is 3.16. The van der Waals surface area contributed by atoms with Crippen LogP contribution in [0.3, 0.4) is 0 Å². The van der Waals surface area contributed by atoms with Crippen molar-refractivity contribution < 1.29 is 13.9 Å². The first-order chi connectivity index (χ1) is 14.8. The number of ether oxygens (including phenoxy) is 2. The van der Waals surface area contributed by atoms with Crippen LogP contribution in [0.15, 0.2) is 86.7 Å². The molecule has 0 aliphatic rings. The minimum absolute atomic E-state index is 0.119. The molecule has 0 saturated heterocycles. The van der Waals surface area contributed by atoms with Gasteiger partial charge in [0.25, 0.3) is 0 Å². The summed E-state index contributed by atoms with van der Waals surface area (Å²) < 4.78 is 18.1. The van der Waals surface area contributed by atoms with Gasteiger partial charge < -0.3 is 13.9 Å². The van der Waals surface area contributed by atoms with Crippen molar-refractivity contribution in [3.05, 3.63) is 98.8 Å². The molecule has 31 heavy (non-hydrogen) atoms. The van der Waals surface area contributed by atoms with Crippen LogP contribution in [0.1, 0.15) is 31.9 Å². The van der Waals surface area contributed by atoms with Gasteiger partial charge in [-0.1, -0.05) is 57.2 Å². The summed E-state index contributed by atoms with van der Waals surface area (Å²) in [6, 6.07) is 20.9. The lowest BCUT2D eigenvalue weighted by Crippen LogP contribution is -2.10. The predicted molar refractivity (Wildman–Crippen MR) is 126 cm³/mol. The smallest absolute Gasteiger partial charge is 0.235 e. The van der Waals surface area contributed by atoms with Crippen LogP contribution < -0.4 is 14.9 Å². The number of rotatable bonds is 5. The van der Waals surface area contributed by atoms with Crippen molar-refractivity contribution in [3.63, 3.8) is 0 Å². The topological polar surface area (TPSA) is 48.7 Å². The van der Waals surface area contributed by atoms with Gasteiger partial charge in [0.1, 0.15) is 30.0 Å². The van der Waals surface area contributed by atoms with E-state index in [4.69, 9.17) is 13.9 Å². The molecule has 4 rings (SSSR count). The van der Waals surface area contributed by atoms with Crippen molar-refractivity contribution in [2.45, 2.75) is 32.8 Å². The van der Waals surface area contributed by atoms with E-state index in [2.05, 4.69) is 61.0 Å². The van der Waals surface area contributed by atoms with Crippen LogP contribution in [0.5, 0.6) is 17.2 Å². The average Bonchev–Trinajstić information content (AvgIpc) is 2.75. The van der Waals surface area contributed by atoms with E-state index in [0.29, 0.717) is 29.1 Å². The molecule has 0 aliphatic carbocycles. The van der Waals surface area contributed by atoms with Gasteiger partial charge in [-0.3, -0.25) is 4.79 Å². The van der Waals surface area contributed by atoms with Gasteiger partial charge in [-0.15, -0.1) is 0 Å². The SMILES string of the molecule is CC(C)(C)c1ccc(COc2ccc3c(=O)c(Oc4ccccc4Br)coc3c2)cc1. The van der Waals surface area contributed by atoms with Crippen molar-refractivity contribution in [3.8, 4) is 17.2 Å². The van der Waals surface area contributed by atoms with Gasteiger partial charge in [-0.05, 0) is 56.7 Å². The van der Waals surface area contributed by atoms with E-state index < -0.39 is 0 Å². The Morgan fingerprint density at radius 3 is 2.39 bits per heavy atom. The largest absolute Gasteiger partial charge is 0.489 e. The highest BCUT2D eigenvalue weighted by molar-refractivity contribution is 9.10. The Hall–Kier alpha value is -3.05. The second-order valence-electron chi connectivity index (χ2n) is 8.36. The van der Waals surface area contributed by atoms with E-state index in [0.717, 1.165) is 10.0 Å². The monoisotopic (exact) mass is 478 g/mol. The lowest BCUT2D eigenvalue weighted by atomic mass is 9.87. The third kappa shape index (κ3) is 4.83. The highest BCUT2D eigenvalue weighted by atomic mass is 79.9. The summed E-state index contributed by atoms with van der Waals surface area (Å²) in [5.41, 5.74) is 2.69. The number of para-hydroxylation sites is 1. The zero-order valence-corrected chi connectivity index (χ0v) is 19.2. The number of hydrogen-bond donors (Lipinski definition) is 0. The summed E-state index contributed by atoms with van der Waals surface area (Å²) in [6.07, 6.45) is 1.33. The fraction of sp³-hybridized carbons (Fsp3) is 0.192. The Kier molecular flexibility index (Phi) is 5.88. The van der Waals surface area contributed by atoms with Gasteiger partial charge in [0.15, 0.2) is 0 Å². The highest BCUT2D eigenvalue weighted by Crippen LogP contribution is 2.29. The van der Waals surface area contributed by atoms with Crippen LogP contribution in [-0.4, -0.2) is 0 Å². The quantitative estimate of drug-likeness (QED) is 0.303. The van der Waals surface area contributed by atoms with Crippen LogP contribution in [0.4, 0.5) is 0 Å². The summed E-state index contributed by atoms with van der Waals surface area (Å²) in [5.74, 6) is 1.31. The molecular weight excluding hydrogens is 456 g/mol. The molecule has 0 amide bonds. The first kappa shape index (κ1) is 21.2. The molecule has 4 aromatic rings. The molecule has 158 valence electrons. The van der Waals surface area contributed by atoms with Gasteiger partial charge in [0.2, 0.25) is 11.2 Å². The van der Waals surface area contributed by atoms with Crippen LogP contribution in [0.2, 0.25) is 0 Å². The third-order valence-corrected chi connectivity index (χ3v) is 5.65. The van der Waals surface area contributed by atoms with Crippen molar-refractivity contribution >= 4 is 26.9 Å². The first-order valence-corrected chi connectivity index (χ1v) is 10.8. The molecule has 1 aromatic heterocycles. The minimum Gasteiger partial charge on any atom is -0.489 e. The van der Waals surface area contributed by atoms with Crippen LogP contribution >= 0.6 is 15.9 Å². The molecule has 0 unspecified atom stereocenters. The highest BCUT2D eigenvalue weighted by Gasteiger charge is 2.14. The summed E-state index contributed by atoms with van der Waals surface area (Å²) in [5, 5.41) is 0.437. The standard InChI is InChI=1S/C26H23BrO4/c1-26(2,3)18-10-8-17(9-11-18)15-29-19-12-13-20-23(14-19)30-16-24(25(20)28)31-22-7-5-4-6-21(22)27/h4-14,16H,15H2,1-3H3. The maximum absolute atomic E-state index is 12.8. The molecule has 0 saturated carbocycles. The molecule has 4 nitrogen and oxygen atoms in total. The normalized spacial score (nSPS) is 11.5. The zero-order chi connectivity index (χ0) is 22.0. The number of benzene rings is 3. The second-order valence-corrected chi connectivity index (χ2v) is 9.21. The molecule has 0 N–H and O–H groups in total. The molecule has 5 heteroatoms. The summed E-state index contributed by atoms with van der Waals surface area (Å²) in [6.45, 7) is 7.01. The molecule has 0 spiro atoms. The Bertz CT molecular complexity index is 1270. The molecule has 0 aliphatic heterocycles. The van der Waals surface area contributed by atoms with Crippen molar-refractivity contribution in [2.75, 3.05) is 0 Å². The first-order valence-electron chi connectivity index (χ1n) is 10.0. The lowest BCUT2D eigenvalue weighted by molar-refractivity contribution is 0.306. The summed E-state index contributed by atoms with van der Waals surface area (Å²) in [4.78, 5) is 12.8. The second kappa shape index (κ2) is 8.60. The van der Waals surface area contributed by atoms with E-state index >= 15 is 0 Å². The molecule has 3 aromatic carbocycles. The predicted octanol–water partition coefficient (Wildman–Crippen LogP) is 7.22. The van der Waals surface area contributed by atoms with Gasteiger partial charge in [-0.25, -0.2) is 0 Å². The van der Waals surface area contributed by atoms with Crippen molar-refractivity contribution in [2.24, 2.45) is 0 Å². The Morgan fingerprint density at radius 1 is 0.935 bits per heavy atom. The number of hydrogen-bond acceptors (Lipinski definition) is 4. The Labute approximate surface area is 189 Å². The van der Waals surface area contributed by atoms with Gasteiger partial charge in [0, 0.05) is 6.07 Å². The van der Waals surface area contributed by atoms with E-state index in [9.17, 15) is 4.79 Å². The molecular formula is C26H23BrO4. The molecule has 0 radical (unpaired) electrons. The molecule has 0 atom stereocenters. The summed E-state index contributed by atoms with van der Waals surface area (Å²) >= 11 is 3.41. The van der Waals surface area contributed by atoms with Crippen molar-refractivity contribution in [1.82, 2.24) is 0 Å².